The van der Waals surface area contributed by atoms with Gasteiger partial charge >= 0.3 is 0 Å². The highest BCUT2D eigenvalue weighted by Gasteiger charge is 2.29. The van der Waals surface area contributed by atoms with Crippen molar-refractivity contribution >= 4 is 27.5 Å². The van der Waals surface area contributed by atoms with E-state index in [-0.39, 0.29) is 11.7 Å². The van der Waals surface area contributed by atoms with Crippen molar-refractivity contribution in [1.29, 1.82) is 0 Å². The normalized spacial score (nSPS) is 16.8. The van der Waals surface area contributed by atoms with Crippen LogP contribution < -0.4 is 0 Å². The number of hydrogen-bond acceptors (Lipinski definition) is 4. The maximum atomic E-state index is 14.2. The number of fused-ring (bicyclic) bond motifs is 3. The van der Waals surface area contributed by atoms with Gasteiger partial charge in [0.25, 0.3) is 5.91 Å². The fourth-order valence-corrected chi connectivity index (χ4v) is 5.84. The number of morpholine rings is 1. The number of carbonyl (C=O) groups is 1. The summed E-state index contributed by atoms with van der Waals surface area (Å²) in [6, 6.07) is 6.60. The van der Waals surface area contributed by atoms with E-state index in [2.05, 4.69) is 0 Å². The zero-order valence-corrected chi connectivity index (χ0v) is 17.3. The lowest BCUT2D eigenvalue weighted by atomic mass is 9.89. The summed E-state index contributed by atoms with van der Waals surface area (Å²) in [7, 11) is 0. The zero-order chi connectivity index (χ0) is 20.0. The van der Waals surface area contributed by atoms with Crippen LogP contribution in [0.25, 0.3) is 21.3 Å². The molecule has 150 valence electrons. The number of pyridine rings is 1. The molecule has 3 heterocycles. The average molecular weight is 411 g/mol. The van der Waals surface area contributed by atoms with Crippen LogP contribution in [0.1, 0.15) is 39.3 Å². The molecule has 1 aliphatic carbocycles. The molecule has 1 saturated heterocycles. The van der Waals surface area contributed by atoms with Crippen LogP contribution in [-0.2, 0) is 17.6 Å². The fraction of sp³-hybridized carbons (Fsp3) is 0.391. The van der Waals surface area contributed by atoms with Gasteiger partial charge in [0.1, 0.15) is 10.6 Å². The molecule has 6 heteroatoms. The van der Waals surface area contributed by atoms with Gasteiger partial charge in [0, 0.05) is 28.9 Å². The Balaban J connectivity index is 1.80. The molecule has 0 bridgehead atoms. The molecule has 0 spiro atoms. The lowest BCUT2D eigenvalue weighted by Crippen LogP contribution is -2.41. The van der Waals surface area contributed by atoms with E-state index in [0.717, 1.165) is 40.6 Å². The quantitative estimate of drug-likeness (QED) is 0.612. The number of thiophene rings is 1. The first-order valence-corrected chi connectivity index (χ1v) is 11.0. The highest BCUT2D eigenvalue weighted by Crippen LogP contribution is 2.43. The number of nitrogens with zero attached hydrogens (tertiary/aromatic N) is 2. The summed E-state index contributed by atoms with van der Waals surface area (Å²) in [6.45, 7) is 4.13. The van der Waals surface area contributed by atoms with Crippen molar-refractivity contribution in [3.8, 4) is 11.1 Å². The first-order valence-electron chi connectivity index (χ1n) is 10.2. The predicted molar refractivity (Wildman–Crippen MR) is 113 cm³/mol. The Morgan fingerprint density at radius 3 is 2.79 bits per heavy atom. The van der Waals surface area contributed by atoms with Gasteiger partial charge in [-0.05, 0) is 55.9 Å². The molecule has 29 heavy (non-hydrogen) atoms. The molecule has 1 amide bonds. The van der Waals surface area contributed by atoms with Crippen LogP contribution in [0.3, 0.4) is 0 Å². The SMILES string of the molecule is Cc1nc2sc3c(c2c(-c2cccc(F)c2)c1C(=O)N1CCOCC1)CCCC3. The van der Waals surface area contributed by atoms with Crippen LogP contribution in [0.5, 0.6) is 0 Å². The molecule has 5 rings (SSSR count). The molecule has 2 aromatic heterocycles. The minimum atomic E-state index is -0.293. The van der Waals surface area contributed by atoms with Crippen molar-refractivity contribution in [2.45, 2.75) is 32.6 Å². The zero-order valence-electron chi connectivity index (χ0n) is 16.5. The van der Waals surface area contributed by atoms with Crippen molar-refractivity contribution in [1.82, 2.24) is 9.88 Å². The van der Waals surface area contributed by atoms with Gasteiger partial charge in [0.15, 0.2) is 0 Å². The number of hydrogen-bond donors (Lipinski definition) is 0. The molecule has 0 N–H and O–H groups in total. The second kappa shape index (κ2) is 7.50. The first kappa shape index (κ1) is 18.7. The number of aryl methyl sites for hydroxylation is 3. The topological polar surface area (TPSA) is 42.4 Å². The van der Waals surface area contributed by atoms with Gasteiger partial charge in [-0.25, -0.2) is 9.37 Å². The molecule has 1 aliphatic heterocycles. The summed E-state index contributed by atoms with van der Waals surface area (Å²) in [6.07, 6.45) is 4.38. The van der Waals surface area contributed by atoms with Crippen LogP contribution >= 0.6 is 11.3 Å². The Morgan fingerprint density at radius 1 is 1.21 bits per heavy atom. The number of rotatable bonds is 2. The highest BCUT2D eigenvalue weighted by molar-refractivity contribution is 7.19. The molecule has 0 unspecified atom stereocenters. The number of benzene rings is 1. The van der Waals surface area contributed by atoms with Crippen LogP contribution in [0.2, 0.25) is 0 Å². The van der Waals surface area contributed by atoms with Gasteiger partial charge in [0.2, 0.25) is 0 Å². The van der Waals surface area contributed by atoms with E-state index in [1.54, 1.807) is 17.4 Å². The maximum Gasteiger partial charge on any atom is 0.256 e. The van der Waals surface area contributed by atoms with E-state index in [1.165, 1.54) is 29.0 Å². The fourth-order valence-electron chi connectivity index (χ4n) is 4.52. The van der Waals surface area contributed by atoms with Crippen LogP contribution in [0, 0.1) is 12.7 Å². The van der Waals surface area contributed by atoms with E-state index in [0.29, 0.717) is 37.6 Å². The lowest BCUT2D eigenvalue weighted by molar-refractivity contribution is 0.0302. The van der Waals surface area contributed by atoms with E-state index < -0.39 is 0 Å². The molecular weight excluding hydrogens is 387 g/mol. The smallest absolute Gasteiger partial charge is 0.256 e. The Labute approximate surface area is 173 Å². The predicted octanol–water partition coefficient (Wildman–Crippen LogP) is 4.76. The Morgan fingerprint density at radius 2 is 2.00 bits per heavy atom. The Kier molecular flexibility index (Phi) is 4.84. The molecule has 2 aliphatic rings. The van der Waals surface area contributed by atoms with Gasteiger partial charge in [0.05, 0.1) is 24.5 Å². The average Bonchev–Trinajstić information content (AvgIpc) is 3.10. The number of aromatic nitrogens is 1. The van der Waals surface area contributed by atoms with Crippen LogP contribution in [-0.4, -0.2) is 42.1 Å². The molecule has 0 radical (unpaired) electrons. The first-order chi connectivity index (χ1) is 14.1. The molecular formula is C23H23FN2O2S. The summed E-state index contributed by atoms with van der Waals surface area (Å²) < 4.78 is 19.6. The highest BCUT2D eigenvalue weighted by atomic mass is 32.1. The number of halogens is 1. The van der Waals surface area contributed by atoms with Gasteiger partial charge in [-0.3, -0.25) is 4.79 Å². The summed E-state index contributed by atoms with van der Waals surface area (Å²) in [4.78, 5) is 22.6. The standard InChI is InChI=1S/C23H23FN2O2S/c1-14-19(23(27)26-9-11-28-12-10-26)20(15-5-4-6-16(24)13-15)21-17-7-2-3-8-18(17)29-22(21)25-14/h4-6,13H,2-3,7-12H2,1H3. The third-order valence-corrected chi connectivity index (χ3v) is 7.09. The van der Waals surface area contributed by atoms with Gasteiger partial charge in [-0.2, -0.15) is 0 Å². The van der Waals surface area contributed by atoms with Crippen LogP contribution in [0.4, 0.5) is 4.39 Å². The lowest BCUT2D eigenvalue weighted by Gasteiger charge is -2.28. The van der Waals surface area contributed by atoms with E-state index >= 15 is 0 Å². The van der Waals surface area contributed by atoms with Crippen molar-refractivity contribution < 1.29 is 13.9 Å². The molecule has 1 aromatic carbocycles. The second-order valence-corrected chi connectivity index (χ2v) is 8.84. The third-order valence-electron chi connectivity index (χ3n) is 5.91. The molecule has 0 saturated carbocycles. The maximum absolute atomic E-state index is 14.2. The number of ether oxygens (including phenoxy) is 1. The van der Waals surface area contributed by atoms with Gasteiger partial charge in [-0.15, -0.1) is 11.3 Å². The molecule has 4 nitrogen and oxygen atoms in total. The second-order valence-electron chi connectivity index (χ2n) is 7.75. The van der Waals surface area contributed by atoms with E-state index in [4.69, 9.17) is 9.72 Å². The third kappa shape index (κ3) is 3.24. The number of carbonyl (C=O) groups excluding carboxylic acids is 1. The van der Waals surface area contributed by atoms with Gasteiger partial charge < -0.3 is 9.64 Å². The summed E-state index contributed by atoms with van der Waals surface area (Å²) in [5, 5.41) is 1.05. The van der Waals surface area contributed by atoms with Gasteiger partial charge in [-0.1, -0.05) is 12.1 Å². The van der Waals surface area contributed by atoms with Crippen molar-refractivity contribution in [2.75, 3.05) is 26.3 Å². The Bertz CT molecular complexity index is 1100. The molecule has 0 atom stereocenters. The molecule has 1 fully saturated rings. The van der Waals surface area contributed by atoms with E-state index in [9.17, 15) is 9.18 Å². The summed E-state index contributed by atoms with van der Waals surface area (Å²) in [5.41, 5.74) is 4.23. The van der Waals surface area contributed by atoms with E-state index in [1.807, 2.05) is 17.9 Å². The number of amides is 1. The minimum Gasteiger partial charge on any atom is -0.378 e. The largest absolute Gasteiger partial charge is 0.378 e. The van der Waals surface area contributed by atoms with Crippen molar-refractivity contribution in [3.63, 3.8) is 0 Å². The Hall–Kier alpha value is -2.31. The summed E-state index contributed by atoms with van der Waals surface area (Å²) >= 11 is 1.73. The minimum absolute atomic E-state index is 0.0322. The van der Waals surface area contributed by atoms with Crippen molar-refractivity contribution in [2.24, 2.45) is 0 Å². The summed E-state index contributed by atoms with van der Waals surface area (Å²) in [5.74, 6) is -0.325. The van der Waals surface area contributed by atoms with Crippen LogP contribution in [0.15, 0.2) is 24.3 Å². The van der Waals surface area contributed by atoms with Crippen molar-refractivity contribution in [3.05, 3.63) is 51.8 Å². The monoisotopic (exact) mass is 410 g/mol. The molecule has 3 aromatic rings.